The molecule has 2 rings (SSSR count). The number of halogens is 2. The van der Waals surface area contributed by atoms with Gasteiger partial charge >= 0.3 is 0 Å². The molecule has 1 nitrogen and oxygen atoms in total. The van der Waals surface area contributed by atoms with E-state index in [1.807, 2.05) is 0 Å². The molecule has 0 amide bonds. The summed E-state index contributed by atoms with van der Waals surface area (Å²) in [5.41, 5.74) is 6.29. The Hall–Kier alpha value is -0.960. The molecule has 1 atom stereocenters. The monoisotopic (exact) mass is 211 g/mol. The largest absolute Gasteiger partial charge is 0.330 e. The third-order valence-corrected chi connectivity index (χ3v) is 2.98. The summed E-state index contributed by atoms with van der Waals surface area (Å²) in [4.78, 5) is 0. The van der Waals surface area contributed by atoms with Gasteiger partial charge in [-0.05, 0) is 55.3 Å². The Kier molecular flexibility index (Phi) is 3.00. The molecule has 1 aromatic carbocycles. The highest BCUT2D eigenvalue weighted by atomic mass is 19.1. The molecule has 1 aromatic rings. The summed E-state index contributed by atoms with van der Waals surface area (Å²) >= 11 is 0. The van der Waals surface area contributed by atoms with E-state index in [0.717, 1.165) is 30.9 Å². The highest BCUT2D eigenvalue weighted by Gasteiger charge is 2.31. The van der Waals surface area contributed by atoms with Crippen molar-refractivity contribution in [2.24, 2.45) is 11.7 Å². The van der Waals surface area contributed by atoms with Gasteiger partial charge in [-0.2, -0.15) is 0 Å². The molecule has 1 saturated carbocycles. The molecule has 3 heteroatoms. The zero-order chi connectivity index (χ0) is 10.8. The fourth-order valence-electron chi connectivity index (χ4n) is 2.14. The van der Waals surface area contributed by atoms with Crippen LogP contribution in [0, 0.1) is 17.6 Å². The van der Waals surface area contributed by atoms with E-state index in [1.165, 1.54) is 12.1 Å². The third-order valence-electron chi connectivity index (χ3n) is 2.98. The standard InChI is InChI=1S/C12H15F2N/c13-10-5-9(6-11(14)7-10)12(3-4-15)8-1-2-8/h5-8,12H,1-4,15H2. The van der Waals surface area contributed by atoms with Crippen molar-refractivity contribution in [1.82, 2.24) is 0 Å². The van der Waals surface area contributed by atoms with Gasteiger partial charge in [-0.1, -0.05) is 0 Å². The first-order valence-corrected chi connectivity index (χ1v) is 5.37. The van der Waals surface area contributed by atoms with Crippen molar-refractivity contribution >= 4 is 0 Å². The quantitative estimate of drug-likeness (QED) is 0.814. The number of benzene rings is 1. The van der Waals surface area contributed by atoms with E-state index in [-0.39, 0.29) is 5.92 Å². The molecular weight excluding hydrogens is 196 g/mol. The van der Waals surface area contributed by atoms with Crippen molar-refractivity contribution in [1.29, 1.82) is 0 Å². The van der Waals surface area contributed by atoms with Crippen LogP contribution in [0.4, 0.5) is 8.78 Å². The van der Waals surface area contributed by atoms with E-state index in [9.17, 15) is 8.78 Å². The maximum absolute atomic E-state index is 13.0. The second-order valence-corrected chi connectivity index (χ2v) is 4.22. The zero-order valence-corrected chi connectivity index (χ0v) is 8.55. The number of rotatable bonds is 4. The third kappa shape index (κ3) is 2.53. The molecule has 0 heterocycles. The average molecular weight is 211 g/mol. The maximum Gasteiger partial charge on any atom is 0.126 e. The second-order valence-electron chi connectivity index (χ2n) is 4.22. The predicted octanol–water partition coefficient (Wildman–Crippen LogP) is 2.81. The van der Waals surface area contributed by atoms with E-state index in [2.05, 4.69) is 0 Å². The minimum atomic E-state index is -0.493. The van der Waals surface area contributed by atoms with Crippen LogP contribution < -0.4 is 5.73 Å². The summed E-state index contributed by atoms with van der Waals surface area (Å²) < 4.78 is 26.1. The number of hydrogen-bond acceptors (Lipinski definition) is 1. The fourth-order valence-corrected chi connectivity index (χ4v) is 2.14. The van der Waals surface area contributed by atoms with Crippen molar-refractivity contribution in [3.05, 3.63) is 35.4 Å². The van der Waals surface area contributed by atoms with Gasteiger partial charge in [0.25, 0.3) is 0 Å². The van der Waals surface area contributed by atoms with Crippen molar-refractivity contribution in [2.45, 2.75) is 25.2 Å². The van der Waals surface area contributed by atoms with E-state index >= 15 is 0 Å². The second kappa shape index (κ2) is 4.27. The Bertz CT molecular complexity index is 327. The molecule has 1 aliphatic rings. The van der Waals surface area contributed by atoms with Crippen LogP contribution in [0.1, 0.15) is 30.7 Å². The molecule has 0 saturated heterocycles. The van der Waals surface area contributed by atoms with Gasteiger partial charge in [0.1, 0.15) is 11.6 Å². The summed E-state index contributed by atoms with van der Waals surface area (Å²) in [5.74, 6) is -0.171. The minimum absolute atomic E-state index is 0.236. The molecule has 0 radical (unpaired) electrons. The van der Waals surface area contributed by atoms with E-state index in [4.69, 9.17) is 5.73 Å². The van der Waals surface area contributed by atoms with Crippen molar-refractivity contribution in [2.75, 3.05) is 6.54 Å². The van der Waals surface area contributed by atoms with Gasteiger partial charge in [-0.15, -0.1) is 0 Å². The van der Waals surface area contributed by atoms with Crippen LogP contribution in [-0.2, 0) is 0 Å². The Morgan fingerprint density at radius 2 is 1.80 bits per heavy atom. The van der Waals surface area contributed by atoms with E-state index < -0.39 is 11.6 Å². The Balaban J connectivity index is 2.24. The fraction of sp³-hybridized carbons (Fsp3) is 0.500. The first-order valence-electron chi connectivity index (χ1n) is 5.37. The summed E-state index contributed by atoms with van der Waals surface area (Å²) in [6.45, 7) is 0.569. The van der Waals surface area contributed by atoms with Gasteiger partial charge in [0.15, 0.2) is 0 Å². The number of hydrogen-bond donors (Lipinski definition) is 1. The lowest BCUT2D eigenvalue weighted by Gasteiger charge is -2.15. The molecule has 0 aliphatic heterocycles. The molecule has 0 spiro atoms. The minimum Gasteiger partial charge on any atom is -0.330 e. The van der Waals surface area contributed by atoms with Crippen LogP contribution in [0.25, 0.3) is 0 Å². The molecule has 82 valence electrons. The summed E-state index contributed by atoms with van der Waals surface area (Å²) in [6, 6.07) is 3.78. The predicted molar refractivity (Wildman–Crippen MR) is 55.5 cm³/mol. The van der Waals surface area contributed by atoms with Crippen LogP contribution in [0.3, 0.4) is 0 Å². The summed E-state index contributed by atoms with van der Waals surface area (Å²) in [7, 11) is 0. The van der Waals surface area contributed by atoms with Crippen LogP contribution in [0.5, 0.6) is 0 Å². The molecule has 1 aliphatic carbocycles. The van der Waals surface area contributed by atoms with Crippen molar-refractivity contribution in [3.8, 4) is 0 Å². The highest BCUT2D eigenvalue weighted by molar-refractivity contribution is 5.24. The molecule has 0 bridgehead atoms. The van der Waals surface area contributed by atoms with Gasteiger partial charge in [0.2, 0.25) is 0 Å². The number of nitrogens with two attached hydrogens (primary N) is 1. The lowest BCUT2D eigenvalue weighted by Crippen LogP contribution is -2.09. The van der Waals surface area contributed by atoms with Crippen LogP contribution in [0.15, 0.2) is 18.2 Å². The van der Waals surface area contributed by atoms with Crippen molar-refractivity contribution in [3.63, 3.8) is 0 Å². The Labute approximate surface area is 88.3 Å². The van der Waals surface area contributed by atoms with Gasteiger partial charge < -0.3 is 5.73 Å². The SMILES string of the molecule is NCCC(c1cc(F)cc(F)c1)C1CC1. The molecular formula is C12H15F2N. The average Bonchev–Trinajstić information content (AvgIpc) is 2.95. The van der Waals surface area contributed by atoms with Crippen molar-refractivity contribution < 1.29 is 8.78 Å². The van der Waals surface area contributed by atoms with Crippen LogP contribution in [-0.4, -0.2) is 6.54 Å². The first kappa shape index (κ1) is 10.6. The van der Waals surface area contributed by atoms with E-state index in [1.54, 1.807) is 0 Å². The van der Waals surface area contributed by atoms with Crippen LogP contribution >= 0.6 is 0 Å². The molecule has 2 N–H and O–H groups in total. The lowest BCUT2D eigenvalue weighted by atomic mass is 9.91. The Morgan fingerprint density at radius 1 is 1.20 bits per heavy atom. The van der Waals surface area contributed by atoms with Gasteiger partial charge in [0, 0.05) is 6.07 Å². The Morgan fingerprint density at radius 3 is 2.27 bits per heavy atom. The normalized spacial score (nSPS) is 17.8. The molecule has 15 heavy (non-hydrogen) atoms. The molecule has 0 aromatic heterocycles. The topological polar surface area (TPSA) is 26.0 Å². The lowest BCUT2D eigenvalue weighted by molar-refractivity contribution is 0.539. The van der Waals surface area contributed by atoms with Gasteiger partial charge in [0.05, 0.1) is 0 Å². The summed E-state index contributed by atoms with van der Waals surface area (Å²) in [5, 5.41) is 0. The highest BCUT2D eigenvalue weighted by Crippen LogP contribution is 2.44. The van der Waals surface area contributed by atoms with E-state index in [0.29, 0.717) is 12.5 Å². The summed E-state index contributed by atoms with van der Waals surface area (Å²) in [6.07, 6.45) is 3.12. The zero-order valence-electron chi connectivity index (χ0n) is 8.55. The smallest absolute Gasteiger partial charge is 0.126 e. The van der Waals surface area contributed by atoms with Gasteiger partial charge in [-0.3, -0.25) is 0 Å². The maximum atomic E-state index is 13.0. The first-order chi connectivity index (χ1) is 7.20. The molecule has 1 fully saturated rings. The van der Waals surface area contributed by atoms with Crippen LogP contribution in [0.2, 0.25) is 0 Å². The molecule has 1 unspecified atom stereocenters. The van der Waals surface area contributed by atoms with Gasteiger partial charge in [-0.25, -0.2) is 8.78 Å².